The van der Waals surface area contributed by atoms with E-state index in [0.29, 0.717) is 6.07 Å². The van der Waals surface area contributed by atoms with Gasteiger partial charge >= 0.3 is 6.03 Å². The molecular weight excluding hydrogens is 364 g/mol. The van der Waals surface area contributed by atoms with Crippen LogP contribution in [0.5, 0.6) is 0 Å². The second kappa shape index (κ2) is 9.07. The highest BCUT2D eigenvalue weighted by Gasteiger charge is 2.43. The molecule has 1 heterocycles. The zero-order chi connectivity index (χ0) is 20.1. The number of ether oxygens (including phenoxy) is 1. The molecule has 1 aromatic rings. The van der Waals surface area contributed by atoms with Gasteiger partial charge in [0.05, 0.1) is 18.2 Å². The van der Waals surface area contributed by atoms with Crippen molar-refractivity contribution in [1.82, 2.24) is 10.6 Å². The summed E-state index contributed by atoms with van der Waals surface area (Å²) < 4.78 is 31.8. The molecule has 3 amide bonds. The van der Waals surface area contributed by atoms with E-state index >= 15 is 0 Å². The molecule has 0 radical (unpaired) electrons. The molecule has 1 saturated heterocycles. The SMILES string of the molecule is CC(C)NC(=O)CC1OC(CNC(=O)Nc2ccc(F)cc2F)C(O)C1O. The quantitative estimate of drug-likeness (QED) is 0.487. The van der Waals surface area contributed by atoms with E-state index in [9.17, 15) is 28.6 Å². The van der Waals surface area contributed by atoms with Crippen LogP contribution in [0.2, 0.25) is 0 Å². The van der Waals surface area contributed by atoms with E-state index in [1.54, 1.807) is 13.8 Å². The van der Waals surface area contributed by atoms with E-state index in [-0.39, 0.29) is 30.6 Å². The third-order valence-corrected chi connectivity index (χ3v) is 3.94. The van der Waals surface area contributed by atoms with E-state index < -0.39 is 42.1 Å². The predicted octanol–water partition coefficient (Wildman–Crippen LogP) is 0.490. The van der Waals surface area contributed by atoms with E-state index in [0.717, 1.165) is 12.1 Å². The number of carbonyl (C=O) groups excluding carboxylic acids is 2. The molecule has 1 aliphatic rings. The van der Waals surface area contributed by atoms with E-state index in [1.807, 2.05) is 0 Å². The van der Waals surface area contributed by atoms with E-state index in [1.165, 1.54) is 0 Å². The molecule has 0 spiro atoms. The summed E-state index contributed by atoms with van der Waals surface area (Å²) >= 11 is 0. The number of aliphatic hydroxyl groups is 2. The molecule has 0 aliphatic carbocycles. The lowest BCUT2D eigenvalue weighted by atomic mass is 10.1. The number of rotatable bonds is 6. The smallest absolute Gasteiger partial charge is 0.319 e. The van der Waals surface area contributed by atoms with Gasteiger partial charge in [0.25, 0.3) is 0 Å². The number of anilines is 1. The molecule has 0 bridgehead atoms. The first-order valence-corrected chi connectivity index (χ1v) is 8.48. The van der Waals surface area contributed by atoms with Crippen molar-refractivity contribution in [2.75, 3.05) is 11.9 Å². The first kappa shape index (κ1) is 21.0. The Bertz CT molecular complexity index is 689. The van der Waals surface area contributed by atoms with Gasteiger partial charge < -0.3 is 30.9 Å². The zero-order valence-corrected chi connectivity index (χ0v) is 14.9. The van der Waals surface area contributed by atoms with Crippen molar-refractivity contribution < 1.29 is 33.3 Å². The van der Waals surface area contributed by atoms with Crippen molar-refractivity contribution in [3.63, 3.8) is 0 Å². The maximum Gasteiger partial charge on any atom is 0.319 e. The van der Waals surface area contributed by atoms with Crippen LogP contribution >= 0.6 is 0 Å². The number of halogens is 2. The second-order valence-corrected chi connectivity index (χ2v) is 6.58. The van der Waals surface area contributed by atoms with Gasteiger partial charge in [-0.2, -0.15) is 0 Å². The monoisotopic (exact) mass is 387 g/mol. The lowest BCUT2D eigenvalue weighted by Gasteiger charge is -2.16. The molecule has 8 nitrogen and oxygen atoms in total. The lowest BCUT2D eigenvalue weighted by molar-refractivity contribution is -0.125. The molecule has 1 fully saturated rings. The van der Waals surface area contributed by atoms with E-state index in [4.69, 9.17) is 4.74 Å². The minimum absolute atomic E-state index is 0.0750. The normalized spacial score (nSPS) is 24.7. The molecule has 4 unspecified atom stereocenters. The third kappa shape index (κ3) is 5.84. The molecule has 150 valence electrons. The predicted molar refractivity (Wildman–Crippen MR) is 91.9 cm³/mol. The van der Waals surface area contributed by atoms with Crippen molar-refractivity contribution in [2.45, 2.75) is 50.7 Å². The molecule has 10 heteroatoms. The number of nitrogens with one attached hydrogen (secondary N) is 3. The van der Waals surface area contributed by atoms with Gasteiger partial charge in [-0.05, 0) is 26.0 Å². The van der Waals surface area contributed by atoms with Crippen LogP contribution in [-0.4, -0.2) is 59.2 Å². The van der Waals surface area contributed by atoms with Gasteiger partial charge in [0.2, 0.25) is 5.91 Å². The first-order chi connectivity index (χ1) is 12.7. The van der Waals surface area contributed by atoms with Crippen LogP contribution in [0, 0.1) is 11.6 Å². The average Bonchev–Trinajstić information content (AvgIpc) is 2.83. The van der Waals surface area contributed by atoms with Crippen LogP contribution in [0.1, 0.15) is 20.3 Å². The molecule has 27 heavy (non-hydrogen) atoms. The Balaban J connectivity index is 1.84. The van der Waals surface area contributed by atoms with Gasteiger partial charge in [0.1, 0.15) is 29.9 Å². The Morgan fingerprint density at radius 1 is 1.19 bits per heavy atom. The number of aliphatic hydroxyl groups excluding tert-OH is 2. The average molecular weight is 387 g/mol. The summed E-state index contributed by atoms with van der Waals surface area (Å²) in [4.78, 5) is 23.6. The summed E-state index contributed by atoms with van der Waals surface area (Å²) in [5.41, 5.74) is -0.218. The summed E-state index contributed by atoms with van der Waals surface area (Å²) in [6.45, 7) is 3.39. The number of hydrogen-bond acceptors (Lipinski definition) is 5. The molecule has 1 aliphatic heterocycles. The van der Waals surface area contributed by atoms with Gasteiger partial charge in [0, 0.05) is 18.7 Å². The molecular formula is C17H23F2N3O5. The maximum absolute atomic E-state index is 13.5. The Morgan fingerprint density at radius 3 is 2.48 bits per heavy atom. The highest BCUT2D eigenvalue weighted by Crippen LogP contribution is 2.23. The van der Waals surface area contributed by atoms with Crippen molar-refractivity contribution in [3.05, 3.63) is 29.8 Å². The van der Waals surface area contributed by atoms with Gasteiger partial charge in [-0.1, -0.05) is 0 Å². The summed E-state index contributed by atoms with van der Waals surface area (Å²) in [7, 11) is 0. The number of urea groups is 1. The van der Waals surface area contributed by atoms with Gasteiger partial charge in [-0.15, -0.1) is 0 Å². The van der Waals surface area contributed by atoms with Crippen LogP contribution < -0.4 is 16.0 Å². The minimum Gasteiger partial charge on any atom is -0.388 e. The first-order valence-electron chi connectivity index (χ1n) is 8.48. The Kier molecular flexibility index (Phi) is 7.05. The highest BCUT2D eigenvalue weighted by atomic mass is 19.1. The fraction of sp³-hybridized carbons (Fsp3) is 0.529. The van der Waals surface area contributed by atoms with Crippen molar-refractivity contribution in [3.8, 4) is 0 Å². The van der Waals surface area contributed by atoms with Crippen molar-refractivity contribution >= 4 is 17.6 Å². The maximum atomic E-state index is 13.5. The van der Waals surface area contributed by atoms with Crippen LogP contribution in [0.15, 0.2) is 18.2 Å². The molecule has 5 N–H and O–H groups in total. The molecule has 2 rings (SSSR count). The number of carbonyl (C=O) groups is 2. The van der Waals surface area contributed by atoms with Crippen molar-refractivity contribution in [1.29, 1.82) is 0 Å². The summed E-state index contributed by atoms with van der Waals surface area (Å²) in [6.07, 6.45) is -4.58. The zero-order valence-electron chi connectivity index (χ0n) is 14.9. The fourth-order valence-corrected chi connectivity index (χ4v) is 2.68. The minimum atomic E-state index is -1.30. The largest absolute Gasteiger partial charge is 0.388 e. The standard InChI is InChI=1S/C17H23F2N3O5/c1-8(2)21-14(23)6-12-15(24)16(25)13(27-12)7-20-17(26)22-11-4-3-9(18)5-10(11)19/h3-5,8,12-13,15-16,24-25H,6-7H2,1-2H3,(H,21,23)(H2,20,22,26). The number of hydrogen-bond donors (Lipinski definition) is 5. The second-order valence-electron chi connectivity index (χ2n) is 6.58. The van der Waals surface area contributed by atoms with Crippen molar-refractivity contribution in [2.24, 2.45) is 0 Å². The topological polar surface area (TPSA) is 120 Å². The number of amides is 3. The van der Waals surface area contributed by atoms with E-state index in [2.05, 4.69) is 16.0 Å². The molecule has 0 saturated carbocycles. The number of benzene rings is 1. The summed E-state index contributed by atoms with van der Waals surface area (Å²) in [5.74, 6) is -2.05. The van der Waals surface area contributed by atoms with Crippen LogP contribution in [0.25, 0.3) is 0 Å². The summed E-state index contributed by atoms with van der Waals surface area (Å²) in [5, 5.41) is 27.2. The third-order valence-electron chi connectivity index (χ3n) is 3.94. The Labute approximate surface area is 154 Å². The Morgan fingerprint density at radius 2 is 1.85 bits per heavy atom. The van der Waals surface area contributed by atoms with Crippen LogP contribution in [0.4, 0.5) is 19.3 Å². The fourth-order valence-electron chi connectivity index (χ4n) is 2.68. The molecule has 4 atom stereocenters. The van der Waals surface area contributed by atoms with Gasteiger partial charge in [-0.3, -0.25) is 4.79 Å². The highest BCUT2D eigenvalue weighted by molar-refractivity contribution is 5.89. The van der Waals surface area contributed by atoms with Gasteiger partial charge in [-0.25, -0.2) is 13.6 Å². The Hall–Kier alpha value is -2.30. The van der Waals surface area contributed by atoms with Crippen LogP contribution in [0.3, 0.4) is 0 Å². The summed E-state index contributed by atoms with van der Waals surface area (Å²) in [6, 6.07) is 1.81. The van der Waals surface area contributed by atoms with Gasteiger partial charge in [0.15, 0.2) is 0 Å². The van der Waals surface area contributed by atoms with Crippen LogP contribution in [-0.2, 0) is 9.53 Å². The lowest BCUT2D eigenvalue weighted by Crippen LogP contribution is -2.41. The molecule has 0 aromatic heterocycles. The molecule has 1 aromatic carbocycles.